The Bertz CT molecular complexity index is 195. The van der Waals surface area contributed by atoms with Crippen molar-refractivity contribution < 1.29 is 46.7 Å². The molecule has 74 valence electrons. The Labute approximate surface area is 106 Å². The summed E-state index contributed by atoms with van der Waals surface area (Å²) in [5, 5.41) is 0. The molecule has 7 heteroatoms. The predicted octanol–water partition coefficient (Wildman–Crippen LogP) is -1.73. The Morgan fingerprint density at radius 3 is 2.15 bits per heavy atom. The van der Waals surface area contributed by atoms with Crippen LogP contribution in [0.15, 0.2) is 0 Å². The van der Waals surface area contributed by atoms with E-state index in [9.17, 15) is 13.0 Å². The molecule has 0 aliphatic rings. The Morgan fingerprint density at radius 1 is 1.15 bits per heavy atom. The minimum Gasteiger partial charge on any atom is -0.726 e. The molecule has 0 atom stereocenters. The first-order chi connectivity index (χ1) is 5.56. The molecule has 0 spiro atoms. The number of rotatable bonds is 7. The van der Waals surface area contributed by atoms with Crippen molar-refractivity contribution in [2.24, 2.45) is 0 Å². The van der Waals surface area contributed by atoms with Crippen molar-refractivity contribution in [3.05, 3.63) is 0 Å². The van der Waals surface area contributed by atoms with Crippen LogP contribution in [0.25, 0.3) is 0 Å². The summed E-state index contributed by atoms with van der Waals surface area (Å²) in [6, 6.07) is 0. The molecular formula is C6H12ClNaO4S. The summed E-state index contributed by atoms with van der Waals surface area (Å²) in [5.74, 6) is 0.612. The second kappa shape index (κ2) is 9.71. The molecule has 0 unspecified atom stereocenters. The van der Waals surface area contributed by atoms with E-state index in [4.69, 9.17) is 11.6 Å². The van der Waals surface area contributed by atoms with Gasteiger partial charge in [0.2, 0.25) is 10.4 Å². The molecule has 0 rings (SSSR count). The topological polar surface area (TPSA) is 66.4 Å². The molecule has 0 amide bonds. The summed E-state index contributed by atoms with van der Waals surface area (Å²) in [7, 11) is -4.49. The average Bonchev–Trinajstić information content (AvgIpc) is 1.94. The maximum absolute atomic E-state index is 9.92. The minimum absolute atomic E-state index is 0. The van der Waals surface area contributed by atoms with Crippen LogP contribution in [0.1, 0.15) is 25.7 Å². The van der Waals surface area contributed by atoms with Crippen molar-refractivity contribution >= 4 is 22.0 Å². The molecule has 13 heavy (non-hydrogen) atoms. The van der Waals surface area contributed by atoms with E-state index in [1.807, 2.05) is 0 Å². The van der Waals surface area contributed by atoms with E-state index in [0.29, 0.717) is 12.3 Å². The predicted molar refractivity (Wildman–Crippen MR) is 44.8 cm³/mol. The van der Waals surface area contributed by atoms with Gasteiger partial charge in [0.1, 0.15) is 0 Å². The fourth-order valence-corrected chi connectivity index (χ4v) is 1.22. The normalized spacial score (nSPS) is 10.9. The largest absolute Gasteiger partial charge is 1.00 e. The van der Waals surface area contributed by atoms with E-state index in [2.05, 4.69) is 4.18 Å². The molecule has 0 saturated heterocycles. The summed E-state index contributed by atoms with van der Waals surface area (Å²) >= 11 is 5.41. The molecule has 4 nitrogen and oxygen atoms in total. The van der Waals surface area contributed by atoms with Crippen LogP contribution in [-0.2, 0) is 14.6 Å². The molecule has 0 aliphatic heterocycles. The molecule has 0 aliphatic carbocycles. The molecule has 0 heterocycles. The Hall–Kier alpha value is 1.16. The molecule has 0 saturated carbocycles. The van der Waals surface area contributed by atoms with Crippen LogP contribution in [0.3, 0.4) is 0 Å². The molecule has 0 aromatic rings. The first-order valence-electron chi connectivity index (χ1n) is 3.72. The summed E-state index contributed by atoms with van der Waals surface area (Å²) in [6.45, 7) is -0.0197. The van der Waals surface area contributed by atoms with Crippen LogP contribution < -0.4 is 29.6 Å². The van der Waals surface area contributed by atoms with Gasteiger partial charge >= 0.3 is 29.6 Å². The zero-order chi connectivity index (χ0) is 9.45. The smallest absolute Gasteiger partial charge is 0.726 e. The molecule has 0 aromatic carbocycles. The summed E-state index contributed by atoms with van der Waals surface area (Å²) in [4.78, 5) is 0. The fraction of sp³-hybridized carbons (Fsp3) is 1.00. The van der Waals surface area contributed by atoms with E-state index in [-0.39, 0.29) is 36.2 Å². The number of halogens is 1. The van der Waals surface area contributed by atoms with Gasteiger partial charge in [0.05, 0.1) is 6.61 Å². The Balaban J connectivity index is 0. The quantitative estimate of drug-likeness (QED) is 0.174. The summed E-state index contributed by atoms with van der Waals surface area (Å²) in [5.41, 5.74) is 0. The van der Waals surface area contributed by atoms with Crippen molar-refractivity contribution in [3.63, 3.8) is 0 Å². The number of unbranched alkanes of at least 4 members (excludes halogenated alkanes) is 3. The monoisotopic (exact) mass is 238 g/mol. The molecule has 0 fully saturated rings. The maximum Gasteiger partial charge on any atom is 1.00 e. The Kier molecular flexibility index (Phi) is 12.4. The standard InChI is InChI=1S/C6H13ClO4S.Na/c7-5-3-1-2-4-6-11-12(8,9)10;/h1-6H2,(H,8,9,10);/q;+1/p-1. The van der Waals surface area contributed by atoms with Crippen molar-refractivity contribution in [2.75, 3.05) is 12.5 Å². The minimum atomic E-state index is -4.49. The summed E-state index contributed by atoms with van der Waals surface area (Å²) in [6.07, 6.45) is 3.26. The first-order valence-corrected chi connectivity index (χ1v) is 5.59. The molecule has 0 aromatic heterocycles. The van der Waals surface area contributed by atoms with Gasteiger partial charge in [-0.1, -0.05) is 12.8 Å². The molecular weight excluding hydrogens is 227 g/mol. The van der Waals surface area contributed by atoms with Gasteiger partial charge in [-0.05, 0) is 12.8 Å². The van der Waals surface area contributed by atoms with E-state index in [1.54, 1.807) is 0 Å². The average molecular weight is 239 g/mol. The molecule has 0 N–H and O–H groups in total. The van der Waals surface area contributed by atoms with E-state index in [0.717, 1.165) is 19.3 Å². The van der Waals surface area contributed by atoms with Crippen molar-refractivity contribution in [2.45, 2.75) is 25.7 Å². The molecule has 0 radical (unpaired) electrons. The van der Waals surface area contributed by atoms with Gasteiger partial charge in [0.25, 0.3) is 0 Å². The first kappa shape index (κ1) is 16.6. The van der Waals surface area contributed by atoms with Gasteiger partial charge in [-0.15, -0.1) is 11.6 Å². The van der Waals surface area contributed by atoms with E-state index >= 15 is 0 Å². The third-order valence-corrected chi connectivity index (χ3v) is 1.98. The fourth-order valence-electron chi connectivity index (χ4n) is 0.711. The van der Waals surface area contributed by atoms with Crippen molar-refractivity contribution in [3.8, 4) is 0 Å². The molecule has 0 bridgehead atoms. The zero-order valence-electron chi connectivity index (χ0n) is 7.66. The maximum atomic E-state index is 9.92. The van der Waals surface area contributed by atoms with Gasteiger partial charge < -0.3 is 4.55 Å². The van der Waals surface area contributed by atoms with E-state index in [1.165, 1.54) is 0 Å². The van der Waals surface area contributed by atoms with Crippen LogP contribution in [0.2, 0.25) is 0 Å². The zero-order valence-corrected chi connectivity index (χ0v) is 11.2. The SMILES string of the molecule is O=S(=O)([O-])OCCCCCCCl.[Na+]. The number of hydrogen-bond donors (Lipinski definition) is 0. The van der Waals surface area contributed by atoms with Crippen LogP contribution in [0.5, 0.6) is 0 Å². The third-order valence-electron chi connectivity index (χ3n) is 1.26. The van der Waals surface area contributed by atoms with Gasteiger partial charge in [0, 0.05) is 5.88 Å². The van der Waals surface area contributed by atoms with Crippen molar-refractivity contribution in [1.29, 1.82) is 0 Å². The Morgan fingerprint density at radius 2 is 1.69 bits per heavy atom. The van der Waals surface area contributed by atoms with Crippen LogP contribution in [0, 0.1) is 0 Å². The van der Waals surface area contributed by atoms with E-state index < -0.39 is 10.4 Å². The number of hydrogen-bond acceptors (Lipinski definition) is 4. The van der Waals surface area contributed by atoms with Crippen LogP contribution >= 0.6 is 11.6 Å². The van der Waals surface area contributed by atoms with Gasteiger partial charge in [-0.2, -0.15) is 0 Å². The van der Waals surface area contributed by atoms with Crippen LogP contribution in [0.4, 0.5) is 0 Å². The number of alkyl halides is 1. The van der Waals surface area contributed by atoms with Gasteiger partial charge in [0.15, 0.2) is 0 Å². The summed E-state index contributed by atoms with van der Waals surface area (Å²) < 4.78 is 33.8. The van der Waals surface area contributed by atoms with Crippen LogP contribution in [-0.4, -0.2) is 25.5 Å². The second-order valence-electron chi connectivity index (χ2n) is 2.33. The third kappa shape index (κ3) is 15.9. The van der Waals surface area contributed by atoms with Gasteiger partial charge in [-0.25, -0.2) is 8.42 Å². The second-order valence-corrected chi connectivity index (χ2v) is 3.76. The van der Waals surface area contributed by atoms with Crippen molar-refractivity contribution in [1.82, 2.24) is 0 Å². The van der Waals surface area contributed by atoms with Gasteiger partial charge in [-0.3, -0.25) is 4.18 Å².